The normalized spacial score (nSPS) is 23.1. The average molecular weight is 312 g/mol. The van der Waals surface area contributed by atoms with E-state index in [-0.39, 0.29) is 24.2 Å². The molecule has 21 heavy (non-hydrogen) atoms. The second-order valence-electron chi connectivity index (χ2n) is 5.12. The van der Waals surface area contributed by atoms with Gasteiger partial charge in [-0.15, -0.1) is 0 Å². The third-order valence-electron chi connectivity index (χ3n) is 3.59. The molecule has 0 spiro atoms. The van der Waals surface area contributed by atoms with Crippen LogP contribution in [0, 0.1) is 0 Å². The van der Waals surface area contributed by atoms with E-state index in [1.165, 1.54) is 11.4 Å². The molecule has 7 nitrogen and oxygen atoms in total. The highest BCUT2D eigenvalue weighted by atomic mass is 32.2. The molecule has 0 aromatic carbocycles. The lowest BCUT2D eigenvalue weighted by Gasteiger charge is -2.22. The minimum atomic E-state index is -3.52. The largest absolute Gasteiger partial charge is 0.358 e. The summed E-state index contributed by atoms with van der Waals surface area (Å²) in [6.45, 7) is 0.191. The fourth-order valence-corrected chi connectivity index (χ4v) is 4.18. The van der Waals surface area contributed by atoms with Crippen molar-refractivity contribution in [2.75, 3.05) is 19.3 Å². The number of aromatic nitrogens is 1. The van der Waals surface area contributed by atoms with Crippen LogP contribution < -0.4 is 11.1 Å². The first-order valence-electron chi connectivity index (χ1n) is 6.79. The molecule has 1 amide bonds. The molecule has 0 unspecified atom stereocenters. The highest BCUT2D eigenvalue weighted by Crippen LogP contribution is 2.21. The van der Waals surface area contributed by atoms with Crippen molar-refractivity contribution in [3.63, 3.8) is 0 Å². The first-order chi connectivity index (χ1) is 9.94. The van der Waals surface area contributed by atoms with E-state index in [9.17, 15) is 13.2 Å². The molecule has 2 atom stereocenters. The van der Waals surface area contributed by atoms with Crippen LogP contribution in [0.4, 0.5) is 0 Å². The zero-order chi connectivity index (χ0) is 15.5. The van der Waals surface area contributed by atoms with Gasteiger partial charge < -0.3 is 11.1 Å². The van der Waals surface area contributed by atoms with Gasteiger partial charge in [0.25, 0.3) is 0 Å². The Morgan fingerprint density at radius 1 is 1.48 bits per heavy atom. The number of rotatable bonds is 5. The Balaban J connectivity index is 2.09. The monoisotopic (exact) mass is 312 g/mol. The van der Waals surface area contributed by atoms with Gasteiger partial charge in [0, 0.05) is 32.0 Å². The maximum absolute atomic E-state index is 12.5. The molecule has 8 heteroatoms. The number of hydrogen-bond donors (Lipinski definition) is 2. The molecule has 3 N–H and O–H groups in total. The number of aryl methyl sites for hydroxylation is 1. The minimum absolute atomic E-state index is 0.0444. The number of likely N-dealkylation sites (N-methyl/N-ethyl adjacent to an activating group) is 1. The number of carbonyl (C=O) groups is 1. The third kappa shape index (κ3) is 3.78. The van der Waals surface area contributed by atoms with Crippen molar-refractivity contribution in [3.8, 4) is 0 Å². The number of pyridine rings is 1. The first-order valence-corrected chi connectivity index (χ1v) is 8.40. The van der Waals surface area contributed by atoms with Crippen molar-refractivity contribution < 1.29 is 13.2 Å². The molecule has 1 aliphatic rings. The van der Waals surface area contributed by atoms with Crippen molar-refractivity contribution in [1.82, 2.24) is 14.6 Å². The molecule has 2 rings (SSSR count). The van der Waals surface area contributed by atoms with Gasteiger partial charge in [0.05, 0.1) is 5.75 Å². The Morgan fingerprint density at radius 3 is 2.76 bits per heavy atom. The summed E-state index contributed by atoms with van der Waals surface area (Å²) < 4.78 is 26.1. The number of sulfonamides is 1. The number of nitrogens with two attached hydrogens (primary N) is 1. The zero-order valence-corrected chi connectivity index (χ0v) is 12.7. The molecule has 1 aliphatic heterocycles. The highest BCUT2D eigenvalue weighted by molar-refractivity contribution is 7.89. The van der Waals surface area contributed by atoms with Crippen LogP contribution >= 0.6 is 0 Å². The van der Waals surface area contributed by atoms with E-state index in [4.69, 9.17) is 5.73 Å². The summed E-state index contributed by atoms with van der Waals surface area (Å²) in [6.07, 6.45) is 3.99. The molecule has 116 valence electrons. The van der Waals surface area contributed by atoms with Crippen LogP contribution in [0.1, 0.15) is 12.0 Å². The number of hydrogen-bond acceptors (Lipinski definition) is 5. The maximum atomic E-state index is 12.5. The molecule has 2 heterocycles. The van der Waals surface area contributed by atoms with E-state index in [1.54, 1.807) is 24.5 Å². The molecule has 1 fully saturated rings. The molecule has 1 aromatic rings. The van der Waals surface area contributed by atoms with Crippen LogP contribution in [0.25, 0.3) is 0 Å². The van der Waals surface area contributed by atoms with Gasteiger partial charge in [0.1, 0.15) is 6.04 Å². The van der Waals surface area contributed by atoms with Crippen LogP contribution in [0.5, 0.6) is 0 Å². The smallest absolute Gasteiger partial charge is 0.238 e. The first kappa shape index (κ1) is 15.9. The molecule has 0 saturated carbocycles. The SMILES string of the molecule is CNC(=O)[C@@H]1C[C@H](N)CN1S(=O)(=O)CCc1ccncc1. The van der Waals surface area contributed by atoms with E-state index in [2.05, 4.69) is 10.3 Å². The second-order valence-corrected chi connectivity index (χ2v) is 7.16. The number of nitrogens with one attached hydrogen (secondary N) is 1. The minimum Gasteiger partial charge on any atom is -0.358 e. The second kappa shape index (κ2) is 6.50. The van der Waals surface area contributed by atoms with Crippen molar-refractivity contribution in [3.05, 3.63) is 30.1 Å². The molecular weight excluding hydrogens is 292 g/mol. The molecule has 0 aliphatic carbocycles. The lowest BCUT2D eigenvalue weighted by Crippen LogP contribution is -2.45. The van der Waals surface area contributed by atoms with Crippen LogP contribution in [0.15, 0.2) is 24.5 Å². The van der Waals surface area contributed by atoms with Crippen LogP contribution in [-0.4, -0.2) is 55.0 Å². The van der Waals surface area contributed by atoms with E-state index in [1.807, 2.05) is 0 Å². The van der Waals surface area contributed by atoms with Gasteiger partial charge >= 0.3 is 0 Å². The zero-order valence-electron chi connectivity index (χ0n) is 11.9. The van der Waals surface area contributed by atoms with Crippen LogP contribution in [0.3, 0.4) is 0 Å². The molecular formula is C13H20N4O3S. The Hall–Kier alpha value is -1.51. The Bertz CT molecular complexity index is 591. The van der Waals surface area contributed by atoms with Crippen molar-refractivity contribution >= 4 is 15.9 Å². The summed E-state index contributed by atoms with van der Waals surface area (Å²) >= 11 is 0. The molecule has 0 radical (unpaired) electrons. The van der Waals surface area contributed by atoms with Gasteiger partial charge in [-0.3, -0.25) is 9.78 Å². The Labute approximate surface area is 124 Å². The van der Waals surface area contributed by atoms with E-state index in [0.29, 0.717) is 12.8 Å². The molecule has 0 bridgehead atoms. The molecule has 1 aromatic heterocycles. The number of carbonyl (C=O) groups excluding carboxylic acids is 1. The molecule has 1 saturated heterocycles. The van der Waals surface area contributed by atoms with Gasteiger partial charge in [0.2, 0.25) is 15.9 Å². The topological polar surface area (TPSA) is 105 Å². The summed E-state index contributed by atoms with van der Waals surface area (Å²) in [4.78, 5) is 15.7. The van der Waals surface area contributed by atoms with Crippen molar-refractivity contribution in [2.45, 2.75) is 24.9 Å². The summed E-state index contributed by atoms with van der Waals surface area (Å²) in [5, 5.41) is 2.49. The van der Waals surface area contributed by atoms with E-state index < -0.39 is 16.1 Å². The Morgan fingerprint density at radius 2 is 2.14 bits per heavy atom. The highest BCUT2D eigenvalue weighted by Gasteiger charge is 2.41. The summed E-state index contributed by atoms with van der Waals surface area (Å²) in [6, 6.07) is 2.55. The summed E-state index contributed by atoms with van der Waals surface area (Å²) in [5.41, 5.74) is 6.71. The fraction of sp³-hybridized carbons (Fsp3) is 0.538. The lowest BCUT2D eigenvalue weighted by atomic mass is 10.2. The standard InChI is InChI=1S/C13H20N4O3S/c1-15-13(18)12-8-11(14)9-17(12)21(19,20)7-4-10-2-5-16-6-3-10/h2-3,5-6,11-12H,4,7-9,14H2,1H3,(H,15,18)/t11-,12-/m0/s1. The quantitative estimate of drug-likeness (QED) is 0.733. The van der Waals surface area contributed by atoms with E-state index in [0.717, 1.165) is 5.56 Å². The van der Waals surface area contributed by atoms with Crippen molar-refractivity contribution in [1.29, 1.82) is 0 Å². The van der Waals surface area contributed by atoms with Crippen LogP contribution in [-0.2, 0) is 21.2 Å². The van der Waals surface area contributed by atoms with E-state index >= 15 is 0 Å². The van der Waals surface area contributed by atoms with Gasteiger partial charge in [-0.25, -0.2) is 8.42 Å². The van der Waals surface area contributed by atoms with Gasteiger partial charge in [-0.1, -0.05) is 0 Å². The summed E-state index contributed by atoms with van der Waals surface area (Å²) in [7, 11) is -2.03. The number of nitrogens with zero attached hydrogens (tertiary/aromatic N) is 2. The predicted octanol–water partition coefficient (Wildman–Crippen LogP) is -0.898. The fourth-order valence-electron chi connectivity index (χ4n) is 2.46. The lowest BCUT2D eigenvalue weighted by molar-refractivity contribution is -0.123. The Kier molecular flexibility index (Phi) is 4.92. The van der Waals surface area contributed by atoms with Gasteiger partial charge in [0.15, 0.2) is 0 Å². The third-order valence-corrected chi connectivity index (χ3v) is 5.43. The maximum Gasteiger partial charge on any atom is 0.238 e. The number of amides is 1. The summed E-state index contributed by atoms with van der Waals surface area (Å²) in [5.74, 6) is -0.354. The van der Waals surface area contributed by atoms with Crippen molar-refractivity contribution in [2.24, 2.45) is 5.73 Å². The van der Waals surface area contributed by atoms with Gasteiger partial charge in [-0.2, -0.15) is 4.31 Å². The van der Waals surface area contributed by atoms with Crippen LogP contribution in [0.2, 0.25) is 0 Å². The van der Waals surface area contributed by atoms with Gasteiger partial charge in [-0.05, 0) is 30.5 Å². The average Bonchev–Trinajstić information content (AvgIpc) is 2.88. The predicted molar refractivity (Wildman–Crippen MR) is 78.9 cm³/mol.